The Labute approximate surface area is 101 Å². The summed E-state index contributed by atoms with van der Waals surface area (Å²) in [5.74, 6) is 1.06. The summed E-state index contributed by atoms with van der Waals surface area (Å²) >= 11 is 1.75. The van der Waals surface area contributed by atoms with Gasteiger partial charge in [0.15, 0.2) is 0 Å². The molecule has 0 aliphatic carbocycles. The molecule has 0 saturated carbocycles. The highest BCUT2D eigenvalue weighted by atomic mass is 32.2. The first kappa shape index (κ1) is 13.5. The van der Waals surface area contributed by atoms with E-state index in [0.717, 1.165) is 17.3 Å². The molecule has 16 heavy (non-hydrogen) atoms. The number of nitrogens with zero attached hydrogens (tertiary/aromatic N) is 2. The van der Waals surface area contributed by atoms with Crippen molar-refractivity contribution >= 4 is 22.7 Å². The van der Waals surface area contributed by atoms with E-state index in [9.17, 15) is 4.79 Å². The van der Waals surface area contributed by atoms with E-state index >= 15 is 0 Å². The van der Waals surface area contributed by atoms with Gasteiger partial charge in [-0.1, -0.05) is 6.92 Å². The Morgan fingerprint density at radius 2 is 2.31 bits per heavy atom. The molecule has 5 heteroatoms. The molecule has 1 heterocycles. The van der Waals surface area contributed by atoms with E-state index in [1.165, 1.54) is 0 Å². The van der Waals surface area contributed by atoms with Crippen LogP contribution in [0.4, 0.5) is 0 Å². The fraction of sp³-hybridized carbons (Fsp3) is 0.818. The van der Waals surface area contributed by atoms with Gasteiger partial charge in [0.05, 0.1) is 23.6 Å². The van der Waals surface area contributed by atoms with Crippen LogP contribution in [0, 0.1) is 5.92 Å². The van der Waals surface area contributed by atoms with Gasteiger partial charge in [0.2, 0.25) is 5.91 Å². The molecule has 4 nitrogen and oxygen atoms in total. The predicted molar refractivity (Wildman–Crippen MR) is 68.0 cm³/mol. The average Bonchev–Trinajstić information content (AvgIpc) is 2.79. The van der Waals surface area contributed by atoms with Gasteiger partial charge in [-0.05, 0) is 6.92 Å². The number of thioether (sulfide) groups is 1. The van der Waals surface area contributed by atoms with E-state index < -0.39 is 0 Å². The topological polar surface area (TPSA) is 41.9 Å². The van der Waals surface area contributed by atoms with Gasteiger partial charge >= 0.3 is 0 Å². The number of ether oxygens (including phenoxy) is 1. The van der Waals surface area contributed by atoms with Crippen LogP contribution in [-0.4, -0.2) is 55.0 Å². The average molecular weight is 244 g/mol. The van der Waals surface area contributed by atoms with Gasteiger partial charge in [-0.3, -0.25) is 9.79 Å². The van der Waals surface area contributed by atoms with Gasteiger partial charge < -0.3 is 9.64 Å². The van der Waals surface area contributed by atoms with Gasteiger partial charge in [-0.15, -0.1) is 11.8 Å². The summed E-state index contributed by atoms with van der Waals surface area (Å²) in [4.78, 5) is 18.2. The normalized spacial score (nSPS) is 19.1. The number of carbonyl (C=O) groups excluding carboxylic acids is 1. The first-order chi connectivity index (χ1) is 7.57. The number of methoxy groups -OCH3 is 1. The summed E-state index contributed by atoms with van der Waals surface area (Å²) in [5, 5.41) is 1.07. The third-order valence-electron chi connectivity index (χ3n) is 2.73. The van der Waals surface area contributed by atoms with Crippen molar-refractivity contribution in [3.8, 4) is 0 Å². The molecule has 0 aromatic heterocycles. The van der Waals surface area contributed by atoms with Crippen LogP contribution in [0.5, 0.6) is 0 Å². The maximum absolute atomic E-state index is 12.0. The number of hydrogen-bond donors (Lipinski definition) is 0. The van der Waals surface area contributed by atoms with E-state index in [2.05, 4.69) is 4.99 Å². The first-order valence-electron chi connectivity index (χ1n) is 5.50. The molecule has 1 amide bonds. The molecule has 1 aliphatic heterocycles. The quantitative estimate of drug-likeness (QED) is 0.731. The van der Waals surface area contributed by atoms with E-state index in [0.29, 0.717) is 6.61 Å². The standard InChI is InChI=1S/C11H20N2O2S/c1-8(7-15-4)11(14)13(3)9(2)10-12-5-6-16-10/h8-9H,5-7H2,1-4H3/t8-,9?/m1/s1. The van der Waals surface area contributed by atoms with Gasteiger partial charge in [-0.2, -0.15) is 0 Å². The van der Waals surface area contributed by atoms with Crippen molar-refractivity contribution in [2.45, 2.75) is 19.9 Å². The van der Waals surface area contributed by atoms with Crippen LogP contribution in [0.1, 0.15) is 13.8 Å². The molecule has 0 spiro atoms. The lowest BCUT2D eigenvalue weighted by atomic mass is 10.1. The minimum absolute atomic E-state index is 0.0827. The lowest BCUT2D eigenvalue weighted by molar-refractivity contribution is -0.135. The molecule has 0 bridgehead atoms. The molecule has 0 N–H and O–H groups in total. The molecule has 0 radical (unpaired) electrons. The molecule has 1 aliphatic rings. The molecular weight excluding hydrogens is 224 g/mol. The zero-order valence-electron chi connectivity index (χ0n) is 10.4. The van der Waals surface area contributed by atoms with E-state index in [4.69, 9.17) is 4.74 Å². The number of amides is 1. The predicted octanol–water partition coefficient (Wildman–Crippen LogP) is 1.26. The van der Waals surface area contributed by atoms with E-state index in [1.54, 1.807) is 23.8 Å². The lowest BCUT2D eigenvalue weighted by Gasteiger charge is -2.27. The van der Waals surface area contributed by atoms with Gasteiger partial charge in [0, 0.05) is 26.5 Å². The molecule has 1 rings (SSSR count). The van der Waals surface area contributed by atoms with Gasteiger partial charge in [-0.25, -0.2) is 0 Å². The summed E-state index contributed by atoms with van der Waals surface area (Å²) in [6.07, 6.45) is 0. The Hall–Kier alpha value is -0.550. The van der Waals surface area contributed by atoms with Crippen LogP contribution in [0.15, 0.2) is 4.99 Å². The fourth-order valence-corrected chi connectivity index (χ4v) is 2.60. The first-order valence-corrected chi connectivity index (χ1v) is 6.49. The second-order valence-corrected chi connectivity index (χ2v) is 5.17. The Bertz CT molecular complexity index is 281. The summed E-state index contributed by atoms with van der Waals surface area (Å²) in [7, 11) is 3.45. The van der Waals surface area contributed by atoms with Crippen LogP contribution in [0.2, 0.25) is 0 Å². The van der Waals surface area contributed by atoms with Crippen LogP contribution in [0.3, 0.4) is 0 Å². The summed E-state index contributed by atoms with van der Waals surface area (Å²) in [5.41, 5.74) is 0. The van der Waals surface area contributed by atoms with Crippen molar-refractivity contribution < 1.29 is 9.53 Å². The van der Waals surface area contributed by atoms with Gasteiger partial charge in [0.1, 0.15) is 0 Å². The molecule has 0 aromatic carbocycles. The zero-order valence-corrected chi connectivity index (χ0v) is 11.2. The van der Waals surface area contributed by atoms with Crippen LogP contribution >= 0.6 is 11.8 Å². The Kier molecular flexibility index (Phi) is 5.28. The van der Waals surface area contributed by atoms with Crippen molar-refractivity contribution in [1.82, 2.24) is 4.90 Å². The summed E-state index contributed by atoms with van der Waals surface area (Å²) in [6, 6.07) is 0.0827. The van der Waals surface area contributed by atoms with E-state index in [1.807, 2.05) is 20.9 Å². The number of hydrogen-bond acceptors (Lipinski definition) is 4. The smallest absolute Gasteiger partial charge is 0.228 e. The van der Waals surface area contributed by atoms with Crippen LogP contribution < -0.4 is 0 Å². The second kappa shape index (κ2) is 6.25. The van der Waals surface area contributed by atoms with Crippen molar-refractivity contribution in [3.05, 3.63) is 0 Å². The number of carbonyl (C=O) groups is 1. The zero-order chi connectivity index (χ0) is 12.1. The lowest BCUT2D eigenvalue weighted by Crippen LogP contribution is -2.42. The Morgan fingerprint density at radius 3 is 2.81 bits per heavy atom. The molecule has 1 unspecified atom stereocenters. The van der Waals surface area contributed by atoms with Gasteiger partial charge in [0.25, 0.3) is 0 Å². The summed E-state index contributed by atoms with van der Waals surface area (Å²) < 4.78 is 5.00. The highest BCUT2D eigenvalue weighted by molar-refractivity contribution is 8.14. The largest absolute Gasteiger partial charge is 0.384 e. The molecule has 2 atom stereocenters. The second-order valence-electron chi connectivity index (χ2n) is 4.05. The van der Waals surface area contributed by atoms with Crippen molar-refractivity contribution in [1.29, 1.82) is 0 Å². The highest BCUT2D eigenvalue weighted by Crippen LogP contribution is 2.18. The molecule has 0 saturated heterocycles. The summed E-state index contributed by atoms with van der Waals surface area (Å²) in [6.45, 7) is 5.25. The molecule has 92 valence electrons. The highest BCUT2D eigenvalue weighted by Gasteiger charge is 2.25. The maximum atomic E-state index is 12.0. The Morgan fingerprint density at radius 1 is 1.62 bits per heavy atom. The molecular formula is C11H20N2O2S. The van der Waals surface area contributed by atoms with Crippen molar-refractivity contribution in [3.63, 3.8) is 0 Å². The fourth-order valence-electron chi connectivity index (χ4n) is 1.63. The number of aliphatic imine (C=N–C) groups is 1. The Balaban J connectivity index is 2.55. The monoisotopic (exact) mass is 244 g/mol. The van der Waals surface area contributed by atoms with Crippen LogP contribution in [0.25, 0.3) is 0 Å². The molecule has 0 aromatic rings. The maximum Gasteiger partial charge on any atom is 0.228 e. The van der Waals surface area contributed by atoms with Crippen molar-refractivity contribution in [2.75, 3.05) is 33.1 Å². The third-order valence-corrected chi connectivity index (χ3v) is 3.89. The van der Waals surface area contributed by atoms with E-state index in [-0.39, 0.29) is 17.9 Å². The molecule has 0 fully saturated rings. The third kappa shape index (κ3) is 3.22. The number of rotatable bonds is 5. The van der Waals surface area contributed by atoms with Crippen LogP contribution in [-0.2, 0) is 9.53 Å². The SMILES string of the molecule is COC[C@@H](C)C(=O)N(C)C(C)C1=NCCS1. The van der Waals surface area contributed by atoms with Crippen molar-refractivity contribution in [2.24, 2.45) is 10.9 Å². The minimum Gasteiger partial charge on any atom is -0.384 e. The minimum atomic E-state index is -0.0931.